The summed E-state index contributed by atoms with van der Waals surface area (Å²) in [4.78, 5) is 10.7. The summed E-state index contributed by atoms with van der Waals surface area (Å²) in [5, 5.41) is 0. The highest BCUT2D eigenvalue weighted by molar-refractivity contribution is 5.72. The van der Waals surface area contributed by atoms with E-state index in [2.05, 4.69) is 13.5 Å². The molecule has 76 valence electrons. The van der Waals surface area contributed by atoms with Crippen molar-refractivity contribution in [3.05, 3.63) is 36.2 Å². The summed E-state index contributed by atoms with van der Waals surface area (Å²) in [6, 6.07) is 3.91. The summed E-state index contributed by atoms with van der Waals surface area (Å²) < 4.78 is 2.02. The van der Waals surface area contributed by atoms with Gasteiger partial charge < -0.3 is 4.57 Å². The maximum absolute atomic E-state index is 10.7. The second-order valence-corrected chi connectivity index (χ2v) is 3.37. The summed E-state index contributed by atoms with van der Waals surface area (Å²) in [6.45, 7) is 6.59. The van der Waals surface area contributed by atoms with Crippen molar-refractivity contribution >= 4 is 6.29 Å². The highest BCUT2D eigenvalue weighted by atomic mass is 16.1. The van der Waals surface area contributed by atoms with Crippen molar-refractivity contribution in [2.45, 2.75) is 32.7 Å². The minimum atomic E-state index is 0.722. The maximum atomic E-state index is 10.7. The van der Waals surface area contributed by atoms with Gasteiger partial charge in [0.25, 0.3) is 0 Å². The predicted molar refractivity (Wildman–Crippen MR) is 58.6 cm³/mol. The number of aldehydes is 1. The fourth-order valence-corrected chi connectivity index (χ4v) is 1.56. The average molecular weight is 191 g/mol. The van der Waals surface area contributed by atoms with Crippen molar-refractivity contribution in [3.8, 4) is 0 Å². The molecule has 0 radical (unpaired) electrons. The Morgan fingerprint density at radius 3 is 2.86 bits per heavy atom. The van der Waals surface area contributed by atoms with Crippen LogP contribution in [0.15, 0.2) is 24.8 Å². The van der Waals surface area contributed by atoms with E-state index >= 15 is 0 Å². The van der Waals surface area contributed by atoms with Crippen LogP contribution in [-0.2, 0) is 13.0 Å². The lowest BCUT2D eigenvalue weighted by atomic mass is 10.2. The molecule has 1 aromatic heterocycles. The summed E-state index contributed by atoms with van der Waals surface area (Å²) >= 11 is 0. The Hall–Kier alpha value is -1.31. The van der Waals surface area contributed by atoms with Crippen LogP contribution in [0.1, 0.15) is 35.9 Å². The SMILES string of the molecule is C=CCn1c(C=O)ccc1CCCC. The van der Waals surface area contributed by atoms with Crippen LogP contribution in [0.2, 0.25) is 0 Å². The lowest BCUT2D eigenvalue weighted by Crippen LogP contribution is -2.04. The van der Waals surface area contributed by atoms with Gasteiger partial charge in [0.1, 0.15) is 0 Å². The normalized spacial score (nSPS) is 10.1. The predicted octanol–water partition coefficient (Wildman–Crippen LogP) is 2.83. The first-order chi connectivity index (χ1) is 6.83. The Bertz CT molecular complexity index is 312. The maximum Gasteiger partial charge on any atom is 0.166 e. The molecular weight excluding hydrogens is 174 g/mol. The summed E-state index contributed by atoms with van der Waals surface area (Å²) in [7, 11) is 0. The number of aryl methyl sites for hydroxylation is 1. The van der Waals surface area contributed by atoms with Crippen molar-refractivity contribution in [1.29, 1.82) is 0 Å². The van der Waals surface area contributed by atoms with Crippen LogP contribution >= 0.6 is 0 Å². The van der Waals surface area contributed by atoms with Crippen LogP contribution in [-0.4, -0.2) is 10.9 Å². The highest BCUT2D eigenvalue weighted by Gasteiger charge is 2.04. The molecule has 0 saturated carbocycles. The van der Waals surface area contributed by atoms with Crippen molar-refractivity contribution in [1.82, 2.24) is 4.57 Å². The topological polar surface area (TPSA) is 22.0 Å². The van der Waals surface area contributed by atoms with E-state index in [-0.39, 0.29) is 0 Å². The Kier molecular flexibility index (Phi) is 4.17. The first-order valence-corrected chi connectivity index (χ1v) is 5.08. The van der Waals surface area contributed by atoms with Crippen LogP contribution in [0.3, 0.4) is 0 Å². The number of unbranched alkanes of at least 4 members (excludes halogenated alkanes) is 1. The van der Waals surface area contributed by atoms with Crippen molar-refractivity contribution in [3.63, 3.8) is 0 Å². The zero-order chi connectivity index (χ0) is 10.4. The molecule has 0 unspecified atom stereocenters. The molecule has 0 amide bonds. The van der Waals surface area contributed by atoms with Gasteiger partial charge in [-0.2, -0.15) is 0 Å². The van der Waals surface area contributed by atoms with Gasteiger partial charge in [-0.1, -0.05) is 19.4 Å². The fourth-order valence-electron chi connectivity index (χ4n) is 1.56. The van der Waals surface area contributed by atoms with Gasteiger partial charge in [0, 0.05) is 12.2 Å². The molecular formula is C12H17NO. The van der Waals surface area contributed by atoms with Gasteiger partial charge in [-0.15, -0.1) is 6.58 Å². The molecule has 0 N–H and O–H groups in total. The Balaban J connectivity index is 2.85. The first kappa shape index (κ1) is 10.8. The molecule has 0 aliphatic carbocycles. The third-order valence-electron chi connectivity index (χ3n) is 2.32. The van der Waals surface area contributed by atoms with E-state index < -0.39 is 0 Å². The molecule has 0 saturated heterocycles. The Morgan fingerprint density at radius 1 is 1.50 bits per heavy atom. The minimum absolute atomic E-state index is 0.722. The number of aromatic nitrogens is 1. The summed E-state index contributed by atoms with van der Waals surface area (Å²) in [5.41, 5.74) is 1.98. The number of allylic oxidation sites excluding steroid dienone is 1. The second kappa shape index (κ2) is 5.43. The zero-order valence-corrected chi connectivity index (χ0v) is 8.70. The average Bonchev–Trinajstić information content (AvgIpc) is 2.58. The first-order valence-electron chi connectivity index (χ1n) is 5.08. The van der Waals surface area contributed by atoms with Crippen molar-refractivity contribution in [2.75, 3.05) is 0 Å². The van der Waals surface area contributed by atoms with Crippen molar-refractivity contribution < 1.29 is 4.79 Å². The number of hydrogen-bond donors (Lipinski definition) is 0. The number of rotatable bonds is 6. The molecule has 0 spiro atoms. The summed E-state index contributed by atoms with van der Waals surface area (Å²) in [5.74, 6) is 0. The van der Waals surface area contributed by atoms with E-state index in [0.717, 1.165) is 24.9 Å². The third-order valence-corrected chi connectivity index (χ3v) is 2.32. The monoisotopic (exact) mass is 191 g/mol. The van der Waals surface area contributed by atoms with E-state index in [9.17, 15) is 4.79 Å². The highest BCUT2D eigenvalue weighted by Crippen LogP contribution is 2.11. The van der Waals surface area contributed by atoms with E-state index in [1.54, 1.807) is 0 Å². The Labute approximate surface area is 85.2 Å². The van der Waals surface area contributed by atoms with Gasteiger partial charge in [-0.25, -0.2) is 0 Å². The molecule has 2 nitrogen and oxygen atoms in total. The van der Waals surface area contributed by atoms with E-state index in [1.165, 1.54) is 18.5 Å². The van der Waals surface area contributed by atoms with Crippen LogP contribution in [0.5, 0.6) is 0 Å². The largest absolute Gasteiger partial charge is 0.339 e. The molecule has 2 heteroatoms. The molecule has 0 aliphatic rings. The van der Waals surface area contributed by atoms with Gasteiger partial charge in [-0.05, 0) is 25.0 Å². The molecule has 0 atom stereocenters. The van der Waals surface area contributed by atoms with Crippen LogP contribution in [0.4, 0.5) is 0 Å². The molecule has 14 heavy (non-hydrogen) atoms. The quantitative estimate of drug-likeness (QED) is 0.500. The molecule has 0 fully saturated rings. The zero-order valence-electron chi connectivity index (χ0n) is 8.70. The second-order valence-electron chi connectivity index (χ2n) is 3.37. The van der Waals surface area contributed by atoms with Crippen molar-refractivity contribution in [2.24, 2.45) is 0 Å². The third kappa shape index (κ3) is 2.34. The van der Waals surface area contributed by atoms with Gasteiger partial charge in [0.05, 0.1) is 5.69 Å². The van der Waals surface area contributed by atoms with Crippen LogP contribution < -0.4 is 0 Å². The lowest BCUT2D eigenvalue weighted by Gasteiger charge is -2.07. The minimum Gasteiger partial charge on any atom is -0.339 e. The summed E-state index contributed by atoms with van der Waals surface area (Å²) in [6.07, 6.45) is 6.11. The molecule has 1 rings (SSSR count). The molecule has 1 aromatic rings. The van der Waals surface area contributed by atoms with E-state index in [4.69, 9.17) is 0 Å². The molecule has 1 heterocycles. The number of nitrogens with zero attached hydrogens (tertiary/aromatic N) is 1. The van der Waals surface area contributed by atoms with Gasteiger partial charge in [-0.3, -0.25) is 4.79 Å². The molecule has 0 aliphatic heterocycles. The van der Waals surface area contributed by atoms with Gasteiger partial charge in [0.15, 0.2) is 6.29 Å². The number of carbonyl (C=O) groups excluding carboxylic acids is 1. The smallest absolute Gasteiger partial charge is 0.166 e. The van der Waals surface area contributed by atoms with Crippen LogP contribution in [0.25, 0.3) is 0 Å². The number of carbonyl (C=O) groups is 1. The Morgan fingerprint density at radius 2 is 2.29 bits per heavy atom. The van der Waals surface area contributed by atoms with Gasteiger partial charge in [0.2, 0.25) is 0 Å². The van der Waals surface area contributed by atoms with Crippen LogP contribution in [0, 0.1) is 0 Å². The standard InChI is InChI=1S/C12H17NO/c1-3-5-6-11-7-8-12(10-14)13(11)9-4-2/h4,7-8,10H,2-3,5-6,9H2,1H3. The van der Waals surface area contributed by atoms with E-state index in [1.807, 2.05) is 22.8 Å². The van der Waals surface area contributed by atoms with E-state index in [0.29, 0.717) is 0 Å². The molecule has 0 aromatic carbocycles. The number of hydrogen-bond acceptors (Lipinski definition) is 1. The van der Waals surface area contributed by atoms with Gasteiger partial charge >= 0.3 is 0 Å². The fraction of sp³-hybridized carbons (Fsp3) is 0.417. The lowest BCUT2D eigenvalue weighted by molar-refractivity contribution is 0.111. The molecule has 0 bridgehead atoms.